The van der Waals surface area contributed by atoms with Crippen LogP contribution in [-0.4, -0.2) is 60.6 Å². The van der Waals surface area contributed by atoms with Gasteiger partial charge in [-0.2, -0.15) is 4.98 Å². The molecule has 2 N–H and O–H groups in total. The van der Waals surface area contributed by atoms with Gasteiger partial charge in [0.15, 0.2) is 5.96 Å². The van der Waals surface area contributed by atoms with E-state index in [1.165, 1.54) is 0 Å². The molecule has 0 unspecified atom stereocenters. The van der Waals surface area contributed by atoms with Crippen LogP contribution >= 0.6 is 11.6 Å². The van der Waals surface area contributed by atoms with Gasteiger partial charge in [0.05, 0.1) is 0 Å². The van der Waals surface area contributed by atoms with E-state index in [9.17, 15) is 4.79 Å². The SMILES string of the molecule is CN=C(NCCc1nc(-c2cccc(Cl)c2)no1)N1CCC(CC(=O)NC)CC1. The highest BCUT2D eigenvalue weighted by Crippen LogP contribution is 2.21. The molecule has 1 fully saturated rings. The summed E-state index contributed by atoms with van der Waals surface area (Å²) < 4.78 is 5.35. The van der Waals surface area contributed by atoms with Crippen molar-refractivity contribution in [2.75, 3.05) is 33.7 Å². The number of guanidine groups is 1. The minimum atomic E-state index is 0.114. The first kappa shape index (κ1) is 21.1. The van der Waals surface area contributed by atoms with Crippen LogP contribution in [-0.2, 0) is 11.2 Å². The number of hydrogen-bond acceptors (Lipinski definition) is 5. The van der Waals surface area contributed by atoms with Crippen molar-refractivity contribution in [2.24, 2.45) is 10.9 Å². The van der Waals surface area contributed by atoms with Crippen LogP contribution in [0.15, 0.2) is 33.8 Å². The lowest BCUT2D eigenvalue weighted by Gasteiger charge is -2.34. The number of piperidine rings is 1. The Hall–Kier alpha value is -2.61. The number of likely N-dealkylation sites (tertiary alicyclic amines) is 1. The molecule has 0 bridgehead atoms. The van der Waals surface area contributed by atoms with Crippen LogP contribution in [0.25, 0.3) is 11.4 Å². The van der Waals surface area contributed by atoms with Crippen LogP contribution in [0.5, 0.6) is 0 Å². The minimum absolute atomic E-state index is 0.114. The molecule has 0 spiro atoms. The molecule has 1 amide bonds. The Labute approximate surface area is 175 Å². The van der Waals surface area contributed by atoms with Crippen molar-refractivity contribution in [3.63, 3.8) is 0 Å². The predicted octanol–water partition coefficient (Wildman–Crippen LogP) is 2.36. The van der Waals surface area contributed by atoms with Crippen molar-refractivity contribution in [1.29, 1.82) is 0 Å². The molecule has 1 aliphatic rings. The van der Waals surface area contributed by atoms with Crippen LogP contribution < -0.4 is 10.6 Å². The zero-order valence-electron chi connectivity index (χ0n) is 16.8. The number of rotatable bonds is 6. The number of nitrogens with one attached hydrogen (secondary N) is 2. The molecule has 29 heavy (non-hydrogen) atoms. The molecule has 1 aromatic heterocycles. The van der Waals surface area contributed by atoms with Gasteiger partial charge in [0, 0.05) is 57.2 Å². The third-order valence-electron chi connectivity index (χ3n) is 5.05. The van der Waals surface area contributed by atoms with Crippen LogP contribution in [0.1, 0.15) is 25.2 Å². The number of nitrogens with zero attached hydrogens (tertiary/aromatic N) is 4. The van der Waals surface area contributed by atoms with Gasteiger partial charge in [0.25, 0.3) is 0 Å². The molecule has 3 rings (SSSR count). The van der Waals surface area contributed by atoms with Gasteiger partial charge >= 0.3 is 0 Å². The lowest BCUT2D eigenvalue weighted by molar-refractivity contribution is -0.121. The summed E-state index contributed by atoms with van der Waals surface area (Å²) in [5, 5.41) is 10.7. The maximum Gasteiger partial charge on any atom is 0.228 e. The highest BCUT2D eigenvalue weighted by molar-refractivity contribution is 6.30. The van der Waals surface area contributed by atoms with Gasteiger partial charge in [-0.1, -0.05) is 28.9 Å². The molecule has 0 atom stereocenters. The van der Waals surface area contributed by atoms with E-state index in [2.05, 4.69) is 30.7 Å². The first-order chi connectivity index (χ1) is 14.1. The second kappa shape index (κ2) is 10.2. The molecular formula is C20H27ClN6O2. The molecule has 8 nitrogen and oxygen atoms in total. The normalized spacial score (nSPS) is 15.4. The van der Waals surface area contributed by atoms with Gasteiger partial charge in [-0.15, -0.1) is 0 Å². The van der Waals surface area contributed by atoms with Crippen LogP contribution in [0.2, 0.25) is 5.02 Å². The van der Waals surface area contributed by atoms with Crippen LogP contribution in [0.4, 0.5) is 0 Å². The standard InChI is InChI=1S/C20H27ClN6O2/c1-22-17(28)12-14-7-10-27(11-8-14)20(23-2)24-9-6-18-25-19(26-29-18)15-4-3-5-16(21)13-15/h3-5,13-14H,6-12H2,1-2H3,(H,22,28)(H,23,24). The molecule has 0 aliphatic carbocycles. The van der Waals surface area contributed by atoms with Crippen molar-refractivity contribution < 1.29 is 9.32 Å². The third-order valence-corrected chi connectivity index (χ3v) is 5.29. The highest BCUT2D eigenvalue weighted by atomic mass is 35.5. The molecule has 0 saturated carbocycles. The van der Waals surface area contributed by atoms with Crippen molar-refractivity contribution in [1.82, 2.24) is 25.7 Å². The molecule has 1 aromatic carbocycles. The maximum absolute atomic E-state index is 11.5. The summed E-state index contributed by atoms with van der Waals surface area (Å²) in [5.74, 6) is 2.51. The van der Waals surface area contributed by atoms with Gasteiger partial charge in [-0.3, -0.25) is 9.79 Å². The first-order valence-electron chi connectivity index (χ1n) is 9.83. The number of amides is 1. The zero-order valence-corrected chi connectivity index (χ0v) is 17.6. The van der Waals surface area contributed by atoms with Gasteiger partial charge in [-0.05, 0) is 30.9 Å². The topological polar surface area (TPSA) is 95.7 Å². The zero-order chi connectivity index (χ0) is 20.6. The summed E-state index contributed by atoms with van der Waals surface area (Å²) in [6, 6.07) is 7.37. The van der Waals surface area contributed by atoms with E-state index >= 15 is 0 Å². The average Bonchev–Trinajstić information content (AvgIpc) is 3.21. The van der Waals surface area contributed by atoms with E-state index < -0.39 is 0 Å². The Kier molecular flexibility index (Phi) is 7.46. The Morgan fingerprint density at radius 3 is 2.86 bits per heavy atom. The summed E-state index contributed by atoms with van der Waals surface area (Å²) in [6.07, 6.45) is 3.17. The van der Waals surface area contributed by atoms with E-state index in [1.54, 1.807) is 14.1 Å². The molecule has 0 radical (unpaired) electrons. The fraction of sp³-hybridized carbons (Fsp3) is 0.500. The van der Waals surface area contributed by atoms with Crippen LogP contribution in [0, 0.1) is 5.92 Å². The van der Waals surface area contributed by atoms with Gasteiger partial charge in [0.1, 0.15) is 0 Å². The smallest absolute Gasteiger partial charge is 0.228 e. The predicted molar refractivity (Wildman–Crippen MR) is 113 cm³/mol. The number of carbonyl (C=O) groups excluding carboxylic acids is 1. The van der Waals surface area contributed by atoms with Crippen LogP contribution in [0.3, 0.4) is 0 Å². The van der Waals surface area contributed by atoms with Gasteiger partial charge < -0.3 is 20.1 Å². The molecule has 156 valence electrons. The van der Waals surface area contributed by atoms with E-state index in [0.29, 0.717) is 42.0 Å². The van der Waals surface area contributed by atoms with E-state index in [-0.39, 0.29) is 5.91 Å². The molecular weight excluding hydrogens is 392 g/mol. The fourth-order valence-electron chi connectivity index (χ4n) is 3.43. The average molecular weight is 419 g/mol. The Balaban J connectivity index is 1.46. The van der Waals surface area contributed by atoms with Crippen molar-refractivity contribution in [3.8, 4) is 11.4 Å². The lowest BCUT2D eigenvalue weighted by Crippen LogP contribution is -2.46. The second-order valence-electron chi connectivity index (χ2n) is 7.05. The summed E-state index contributed by atoms with van der Waals surface area (Å²) in [6.45, 7) is 2.42. The Morgan fingerprint density at radius 2 is 2.17 bits per heavy atom. The summed E-state index contributed by atoms with van der Waals surface area (Å²) >= 11 is 6.02. The first-order valence-corrected chi connectivity index (χ1v) is 10.2. The second-order valence-corrected chi connectivity index (χ2v) is 7.49. The number of benzene rings is 1. The molecule has 2 heterocycles. The Bertz CT molecular complexity index is 845. The number of aromatic nitrogens is 2. The molecule has 1 aliphatic heterocycles. The fourth-order valence-corrected chi connectivity index (χ4v) is 3.62. The summed E-state index contributed by atoms with van der Waals surface area (Å²) in [7, 11) is 3.47. The number of carbonyl (C=O) groups is 1. The number of halogens is 1. The highest BCUT2D eigenvalue weighted by Gasteiger charge is 2.23. The van der Waals surface area contributed by atoms with Gasteiger partial charge in [-0.25, -0.2) is 0 Å². The molecule has 2 aromatic rings. The van der Waals surface area contributed by atoms with E-state index in [0.717, 1.165) is 37.5 Å². The van der Waals surface area contributed by atoms with Gasteiger partial charge in [0.2, 0.25) is 17.6 Å². The van der Waals surface area contributed by atoms with E-state index in [1.807, 2.05) is 24.3 Å². The van der Waals surface area contributed by atoms with Crippen molar-refractivity contribution in [3.05, 3.63) is 35.2 Å². The Morgan fingerprint density at radius 1 is 1.38 bits per heavy atom. The lowest BCUT2D eigenvalue weighted by atomic mass is 9.93. The number of hydrogen-bond donors (Lipinski definition) is 2. The monoisotopic (exact) mass is 418 g/mol. The van der Waals surface area contributed by atoms with E-state index in [4.69, 9.17) is 16.1 Å². The van der Waals surface area contributed by atoms with Crippen molar-refractivity contribution >= 4 is 23.5 Å². The summed E-state index contributed by atoms with van der Waals surface area (Å²) in [5.41, 5.74) is 0.830. The molecule has 9 heteroatoms. The minimum Gasteiger partial charge on any atom is -0.359 e. The largest absolute Gasteiger partial charge is 0.359 e. The third kappa shape index (κ3) is 5.93. The quantitative estimate of drug-likeness (QED) is 0.552. The molecule has 1 saturated heterocycles. The maximum atomic E-state index is 11.5. The number of aliphatic imine (C=N–C) groups is 1. The van der Waals surface area contributed by atoms with Crippen molar-refractivity contribution in [2.45, 2.75) is 25.7 Å². The summed E-state index contributed by atoms with van der Waals surface area (Å²) in [4.78, 5) is 22.6.